The molecule has 0 saturated heterocycles. The number of halogens is 7. The minimum atomic E-state index is -5.14. The second-order valence-corrected chi connectivity index (χ2v) is 8.15. The first-order valence-corrected chi connectivity index (χ1v) is 9.60. The van der Waals surface area contributed by atoms with Gasteiger partial charge < -0.3 is 0 Å². The minimum Gasteiger partial charge on any atom is -0.274 e. The molecule has 1 saturated carbocycles. The highest BCUT2D eigenvalue weighted by Crippen LogP contribution is 2.42. The maximum absolute atomic E-state index is 13.1. The molecule has 1 N–H and O–H groups in total. The van der Waals surface area contributed by atoms with Gasteiger partial charge >= 0.3 is 12.4 Å². The normalized spacial score (nSPS) is 21.7. The molecule has 12 heteroatoms. The zero-order chi connectivity index (χ0) is 20.6. The zero-order valence-electron chi connectivity index (χ0n) is 13.5. The third-order valence-electron chi connectivity index (χ3n) is 4.30. The lowest BCUT2D eigenvalue weighted by atomic mass is 9.78. The fourth-order valence-corrected chi connectivity index (χ4v) is 4.90. The van der Waals surface area contributed by atoms with Crippen molar-refractivity contribution in [1.29, 1.82) is 0 Å². The highest BCUT2D eigenvalue weighted by Gasteiger charge is 2.49. The Labute approximate surface area is 155 Å². The Balaban J connectivity index is 2.38. The molecule has 1 aromatic carbocycles. The van der Waals surface area contributed by atoms with Crippen molar-refractivity contribution in [2.24, 2.45) is 11.8 Å². The molecule has 0 heterocycles. The van der Waals surface area contributed by atoms with Crippen LogP contribution in [0.25, 0.3) is 0 Å². The molecule has 152 valence electrons. The predicted molar refractivity (Wildman–Crippen MR) is 83.3 cm³/mol. The molecule has 2 unspecified atom stereocenters. The Bertz CT molecular complexity index is 822. The molecule has 1 aliphatic carbocycles. The average Bonchev–Trinajstić information content (AvgIpc) is 2.52. The Hall–Kier alpha value is -1.49. The number of hydrogen-bond acceptors (Lipinski definition) is 3. The second kappa shape index (κ2) is 7.50. The van der Waals surface area contributed by atoms with E-state index in [0.717, 1.165) is 12.1 Å². The van der Waals surface area contributed by atoms with Crippen molar-refractivity contribution in [2.75, 3.05) is 0 Å². The Kier molecular flexibility index (Phi) is 6.05. The molecule has 0 bridgehead atoms. The van der Waals surface area contributed by atoms with Crippen molar-refractivity contribution in [3.05, 3.63) is 28.8 Å². The van der Waals surface area contributed by atoms with E-state index in [1.54, 1.807) is 0 Å². The number of carbonyl (C=O) groups is 1. The maximum atomic E-state index is 13.1. The minimum absolute atomic E-state index is 0.212. The third-order valence-corrected chi connectivity index (χ3v) is 6.17. The van der Waals surface area contributed by atoms with E-state index in [1.165, 1.54) is 4.72 Å². The van der Waals surface area contributed by atoms with Crippen molar-refractivity contribution in [3.63, 3.8) is 0 Å². The second-order valence-electron chi connectivity index (χ2n) is 6.12. The van der Waals surface area contributed by atoms with Gasteiger partial charge in [0.2, 0.25) is 5.91 Å². The van der Waals surface area contributed by atoms with Crippen LogP contribution in [0.5, 0.6) is 0 Å². The van der Waals surface area contributed by atoms with E-state index in [4.69, 9.17) is 11.6 Å². The fraction of sp³-hybridized carbons (Fsp3) is 0.533. The van der Waals surface area contributed by atoms with Gasteiger partial charge in [0.25, 0.3) is 10.0 Å². The molecular weight excluding hydrogens is 424 g/mol. The van der Waals surface area contributed by atoms with Gasteiger partial charge in [-0.25, -0.2) is 13.1 Å². The van der Waals surface area contributed by atoms with Gasteiger partial charge in [0, 0.05) is 0 Å². The number of amides is 1. The summed E-state index contributed by atoms with van der Waals surface area (Å²) in [5.41, 5.74) is -1.62. The average molecular weight is 438 g/mol. The Morgan fingerprint density at radius 3 is 2.22 bits per heavy atom. The lowest BCUT2D eigenvalue weighted by Gasteiger charge is -2.31. The SMILES string of the molecule is O=C(NS(=O)(=O)c1c(Cl)cccc1C(F)(F)F)C1CCCCC1C(F)(F)F. The fourth-order valence-electron chi connectivity index (χ4n) is 3.10. The van der Waals surface area contributed by atoms with Crippen LogP contribution in [0.4, 0.5) is 26.3 Å². The number of sulfonamides is 1. The molecule has 1 aliphatic rings. The Morgan fingerprint density at radius 2 is 1.67 bits per heavy atom. The van der Waals surface area contributed by atoms with Crippen molar-refractivity contribution in [2.45, 2.75) is 42.9 Å². The molecule has 0 aromatic heterocycles. The third kappa shape index (κ3) is 4.87. The van der Waals surface area contributed by atoms with E-state index >= 15 is 0 Å². The Morgan fingerprint density at radius 1 is 1.07 bits per heavy atom. The van der Waals surface area contributed by atoms with E-state index in [-0.39, 0.29) is 25.7 Å². The molecule has 0 aliphatic heterocycles. The van der Waals surface area contributed by atoms with Crippen LogP contribution in [0, 0.1) is 11.8 Å². The number of alkyl halides is 6. The number of rotatable bonds is 3. The lowest BCUT2D eigenvalue weighted by Crippen LogP contribution is -2.44. The lowest BCUT2D eigenvalue weighted by molar-refractivity contribution is -0.197. The van der Waals surface area contributed by atoms with Crippen LogP contribution in [0.2, 0.25) is 5.02 Å². The first-order chi connectivity index (χ1) is 12.2. The van der Waals surface area contributed by atoms with Gasteiger partial charge in [0.15, 0.2) is 0 Å². The molecule has 27 heavy (non-hydrogen) atoms. The number of benzene rings is 1. The van der Waals surface area contributed by atoms with Gasteiger partial charge in [-0.15, -0.1) is 0 Å². The van der Waals surface area contributed by atoms with Crippen LogP contribution in [0.1, 0.15) is 31.2 Å². The highest BCUT2D eigenvalue weighted by molar-refractivity contribution is 7.90. The molecular formula is C15H14ClF6NO3S. The summed E-state index contributed by atoms with van der Waals surface area (Å²) in [7, 11) is -5.14. The summed E-state index contributed by atoms with van der Waals surface area (Å²) in [5.74, 6) is -5.26. The molecule has 0 radical (unpaired) electrons. The highest BCUT2D eigenvalue weighted by atomic mass is 35.5. The number of nitrogens with one attached hydrogen (secondary N) is 1. The summed E-state index contributed by atoms with van der Waals surface area (Å²) < 4.78 is 105. The molecule has 2 atom stereocenters. The monoisotopic (exact) mass is 437 g/mol. The first kappa shape index (κ1) is 21.8. The van der Waals surface area contributed by atoms with Crippen LogP contribution in [-0.4, -0.2) is 20.5 Å². The summed E-state index contributed by atoms with van der Waals surface area (Å²) in [6.07, 6.45) is -9.93. The van der Waals surface area contributed by atoms with E-state index < -0.39 is 55.6 Å². The van der Waals surface area contributed by atoms with Crippen molar-refractivity contribution in [1.82, 2.24) is 4.72 Å². The molecule has 4 nitrogen and oxygen atoms in total. The van der Waals surface area contributed by atoms with Crippen LogP contribution >= 0.6 is 11.6 Å². The van der Waals surface area contributed by atoms with Crippen LogP contribution in [0.3, 0.4) is 0 Å². The molecule has 1 amide bonds. The standard InChI is InChI=1S/C15H14ClF6NO3S/c16-11-7-3-6-10(15(20,21)22)12(11)27(25,26)23-13(24)8-4-1-2-5-9(8)14(17,18)19/h3,6-9H,1-2,4-5H2,(H,23,24). The largest absolute Gasteiger partial charge is 0.417 e. The van der Waals surface area contributed by atoms with Gasteiger partial charge in [0.05, 0.1) is 22.4 Å². The summed E-state index contributed by atoms with van der Waals surface area (Å²) in [6, 6.07) is 2.19. The maximum Gasteiger partial charge on any atom is 0.417 e. The number of carbonyl (C=O) groups excluding carboxylic acids is 1. The molecule has 1 fully saturated rings. The van der Waals surface area contributed by atoms with Gasteiger partial charge in [0.1, 0.15) is 4.90 Å². The van der Waals surface area contributed by atoms with Crippen molar-refractivity contribution in [3.8, 4) is 0 Å². The molecule has 1 aromatic rings. The van der Waals surface area contributed by atoms with E-state index in [1.807, 2.05) is 0 Å². The smallest absolute Gasteiger partial charge is 0.274 e. The zero-order valence-corrected chi connectivity index (χ0v) is 15.1. The summed E-state index contributed by atoms with van der Waals surface area (Å²) in [6.45, 7) is 0. The topological polar surface area (TPSA) is 63.2 Å². The first-order valence-electron chi connectivity index (χ1n) is 7.74. The number of hydrogen-bond donors (Lipinski definition) is 1. The van der Waals surface area contributed by atoms with Crippen LogP contribution in [-0.2, 0) is 21.0 Å². The molecule has 0 spiro atoms. The summed E-state index contributed by atoms with van der Waals surface area (Å²) in [5, 5.41) is -0.804. The predicted octanol–water partition coefficient (Wildman–Crippen LogP) is 4.53. The van der Waals surface area contributed by atoms with Crippen molar-refractivity contribution < 1.29 is 39.6 Å². The van der Waals surface area contributed by atoms with Gasteiger partial charge in [-0.05, 0) is 25.0 Å². The van der Waals surface area contributed by atoms with Gasteiger partial charge in [-0.2, -0.15) is 26.3 Å². The van der Waals surface area contributed by atoms with Gasteiger partial charge in [-0.1, -0.05) is 30.5 Å². The van der Waals surface area contributed by atoms with Crippen LogP contribution < -0.4 is 4.72 Å². The van der Waals surface area contributed by atoms with E-state index in [0.29, 0.717) is 6.07 Å². The van der Waals surface area contributed by atoms with E-state index in [2.05, 4.69) is 0 Å². The van der Waals surface area contributed by atoms with E-state index in [9.17, 15) is 39.6 Å². The summed E-state index contributed by atoms with van der Waals surface area (Å²) >= 11 is 5.58. The quantitative estimate of drug-likeness (QED) is 0.706. The van der Waals surface area contributed by atoms with Crippen LogP contribution in [0.15, 0.2) is 23.1 Å². The molecule has 2 rings (SSSR count). The van der Waals surface area contributed by atoms with Crippen molar-refractivity contribution >= 4 is 27.5 Å². The summed E-state index contributed by atoms with van der Waals surface area (Å²) in [4.78, 5) is 10.8. The van der Waals surface area contributed by atoms with Gasteiger partial charge in [-0.3, -0.25) is 4.79 Å².